The van der Waals surface area contributed by atoms with Crippen LogP contribution in [0, 0.1) is 11.7 Å². The van der Waals surface area contributed by atoms with Crippen molar-refractivity contribution >= 4 is 39.4 Å². The zero-order chi connectivity index (χ0) is 28.8. The van der Waals surface area contributed by atoms with Crippen LogP contribution >= 0.6 is 11.8 Å². The minimum atomic E-state index is -3.88. The lowest BCUT2D eigenvalue weighted by molar-refractivity contribution is -0.135. The zero-order valence-electron chi connectivity index (χ0n) is 22.8. The highest BCUT2D eigenvalue weighted by molar-refractivity contribution is 8.18. The number of anilines is 1. The maximum Gasteiger partial charge on any atom is 0.328 e. The number of nitrogens with one attached hydrogen (secondary N) is 1. The van der Waals surface area contributed by atoms with Gasteiger partial charge >= 0.3 is 6.03 Å². The van der Waals surface area contributed by atoms with Crippen molar-refractivity contribution in [3.05, 3.63) is 57.9 Å². The number of urea groups is 1. The van der Waals surface area contributed by atoms with Crippen molar-refractivity contribution in [3.63, 3.8) is 0 Å². The second-order valence-corrected chi connectivity index (χ2v) is 13.8. The smallest absolute Gasteiger partial charge is 0.328 e. The number of benzene rings is 1. The second-order valence-electron chi connectivity index (χ2n) is 10.7. The van der Waals surface area contributed by atoms with Crippen molar-refractivity contribution in [2.24, 2.45) is 13.0 Å². The maximum absolute atomic E-state index is 15.1. The Labute approximate surface area is 237 Å². The molecule has 2 unspecified atom stereocenters. The molecule has 3 amide bonds. The third-order valence-corrected chi connectivity index (χ3v) is 10.9. The van der Waals surface area contributed by atoms with Crippen LogP contribution in [0.1, 0.15) is 30.9 Å². The average Bonchev–Trinajstić information content (AvgIpc) is 3.26. The summed E-state index contributed by atoms with van der Waals surface area (Å²) in [7, 11) is 1.19. The van der Waals surface area contributed by atoms with Gasteiger partial charge in [-0.05, 0) is 43.5 Å². The molecular formula is C26H33FN6O5S2. The largest absolute Gasteiger partial charge is 0.383 e. The van der Waals surface area contributed by atoms with Gasteiger partial charge in [0.05, 0.1) is 31.0 Å². The summed E-state index contributed by atoms with van der Waals surface area (Å²) in [6, 6.07) is 4.16. The lowest BCUT2D eigenvalue weighted by Crippen LogP contribution is -2.58. The SMILES string of the molecule is COCCN(C)c1ccc(CN2C(=O)N(Cc3cnn(C)c3)C(=O)C3C=C(S(=O)(=O)NC4(C)CC4)SC32)cc1F. The fourth-order valence-electron chi connectivity index (χ4n) is 4.81. The minimum absolute atomic E-state index is 0.00484. The predicted molar refractivity (Wildman–Crippen MR) is 149 cm³/mol. The summed E-state index contributed by atoms with van der Waals surface area (Å²) in [5.41, 5.74) is 1.07. The molecule has 2 fully saturated rings. The number of nitrogens with zero attached hydrogens (tertiary/aromatic N) is 5. The molecule has 0 spiro atoms. The number of halogens is 1. The first kappa shape index (κ1) is 28.6. The number of methoxy groups -OCH3 is 1. The van der Waals surface area contributed by atoms with Gasteiger partial charge in [0, 0.05) is 51.6 Å². The minimum Gasteiger partial charge on any atom is -0.383 e. The van der Waals surface area contributed by atoms with Crippen molar-refractivity contribution in [1.82, 2.24) is 24.3 Å². The van der Waals surface area contributed by atoms with E-state index in [4.69, 9.17) is 4.74 Å². The molecule has 2 atom stereocenters. The van der Waals surface area contributed by atoms with Crippen molar-refractivity contribution in [2.45, 2.75) is 43.8 Å². The van der Waals surface area contributed by atoms with E-state index in [1.165, 1.54) is 17.0 Å². The molecule has 0 bridgehead atoms. The van der Waals surface area contributed by atoms with E-state index in [2.05, 4.69) is 9.82 Å². The Morgan fingerprint density at radius 3 is 2.62 bits per heavy atom. The number of hydrogen-bond donors (Lipinski definition) is 1. The van der Waals surface area contributed by atoms with Crippen LogP contribution in [0.3, 0.4) is 0 Å². The van der Waals surface area contributed by atoms with Crippen LogP contribution in [0.25, 0.3) is 0 Å². The molecule has 216 valence electrons. The number of carbonyl (C=O) groups excluding carboxylic acids is 2. The van der Waals surface area contributed by atoms with Crippen LogP contribution in [0.2, 0.25) is 0 Å². The highest BCUT2D eigenvalue weighted by atomic mass is 32.3. The zero-order valence-corrected chi connectivity index (χ0v) is 24.5. The van der Waals surface area contributed by atoms with Gasteiger partial charge in [0.1, 0.15) is 15.4 Å². The molecule has 1 N–H and O–H groups in total. The summed E-state index contributed by atoms with van der Waals surface area (Å²) in [6.07, 6.45) is 6.19. The molecule has 3 aliphatic rings. The number of carbonyl (C=O) groups is 2. The molecule has 2 aromatic rings. The first-order valence-corrected chi connectivity index (χ1v) is 15.3. The number of imide groups is 1. The molecule has 1 saturated carbocycles. The highest BCUT2D eigenvalue weighted by Gasteiger charge is 2.52. The van der Waals surface area contributed by atoms with E-state index >= 15 is 4.39 Å². The molecule has 2 aliphatic heterocycles. The normalized spacial score (nSPS) is 22.0. The summed E-state index contributed by atoms with van der Waals surface area (Å²) < 4.78 is 50.8. The van der Waals surface area contributed by atoms with Crippen molar-refractivity contribution in [2.75, 3.05) is 32.2 Å². The molecule has 1 aromatic carbocycles. The summed E-state index contributed by atoms with van der Waals surface area (Å²) in [5, 5.41) is 3.34. The number of ether oxygens (including phenoxy) is 1. The van der Waals surface area contributed by atoms with Crippen LogP contribution in [-0.2, 0) is 39.7 Å². The summed E-state index contributed by atoms with van der Waals surface area (Å²) >= 11 is 0.975. The Hall–Kier alpha value is -2.94. The van der Waals surface area contributed by atoms with Crippen LogP contribution in [0.4, 0.5) is 14.9 Å². The molecule has 3 heterocycles. The number of fused-ring (bicyclic) bond motifs is 1. The lowest BCUT2D eigenvalue weighted by Gasteiger charge is -2.41. The fourth-order valence-corrected chi connectivity index (χ4v) is 8.11. The quantitative estimate of drug-likeness (QED) is 0.423. The number of thioether (sulfide) groups is 1. The van der Waals surface area contributed by atoms with Crippen molar-refractivity contribution in [3.8, 4) is 0 Å². The maximum atomic E-state index is 15.1. The van der Waals surface area contributed by atoms with Gasteiger partial charge in [-0.25, -0.2) is 22.3 Å². The van der Waals surface area contributed by atoms with E-state index in [1.54, 1.807) is 55.3 Å². The number of hydrogen-bond acceptors (Lipinski definition) is 8. The third kappa shape index (κ3) is 5.76. The second kappa shape index (κ2) is 10.8. The van der Waals surface area contributed by atoms with Gasteiger partial charge < -0.3 is 14.5 Å². The van der Waals surface area contributed by atoms with Gasteiger partial charge in [0.2, 0.25) is 15.9 Å². The Morgan fingerprint density at radius 1 is 1.25 bits per heavy atom. The summed E-state index contributed by atoms with van der Waals surface area (Å²) in [6.45, 7) is 2.75. The van der Waals surface area contributed by atoms with Crippen LogP contribution in [0.15, 0.2) is 40.9 Å². The van der Waals surface area contributed by atoms with Gasteiger partial charge in [0.25, 0.3) is 0 Å². The first-order valence-electron chi connectivity index (χ1n) is 12.9. The third-order valence-electron chi connectivity index (χ3n) is 7.35. The Kier molecular flexibility index (Phi) is 7.72. The molecule has 0 radical (unpaired) electrons. The number of sulfonamides is 1. The summed E-state index contributed by atoms with van der Waals surface area (Å²) in [5.74, 6) is -1.81. The number of aryl methyl sites for hydroxylation is 1. The van der Waals surface area contributed by atoms with Gasteiger partial charge in [-0.1, -0.05) is 17.8 Å². The number of aromatic nitrogens is 2. The number of amides is 3. The molecular weight excluding hydrogens is 559 g/mol. The summed E-state index contributed by atoms with van der Waals surface area (Å²) in [4.78, 5) is 31.6. The topological polar surface area (TPSA) is 117 Å². The van der Waals surface area contributed by atoms with E-state index in [0.29, 0.717) is 30.0 Å². The monoisotopic (exact) mass is 592 g/mol. The Morgan fingerprint density at radius 2 is 2.00 bits per heavy atom. The number of likely N-dealkylation sites (N-methyl/N-ethyl adjacent to an activating group) is 1. The van der Waals surface area contributed by atoms with E-state index in [9.17, 15) is 18.0 Å². The first-order chi connectivity index (χ1) is 18.9. The lowest BCUT2D eigenvalue weighted by atomic mass is 10.0. The van der Waals surface area contributed by atoms with Gasteiger partial charge in [-0.2, -0.15) is 5.10 Å². The molecule has 14 heteroatoms. The van der Waals surface area contributed by atoms with E-state index in [1.807, 2.05) is 6.92 Å². The molecule has 1 aliphatic carbocycles. The molecule has 11 nitrogen and oxygen atoms in total. The van der Waals surface area contributed by atoms with Crippen molar-refractivity contribution in [1.29, 1.82) is 0 Å². The molecule has 1 aromatic heterocycles. The van der Waals surface area contributed by atoms with Gasteiger partial charge in [0.15, 0.2) is 0 Å². The van der Waals surface area contributed by atoms with Crippen LogP contribution < -0.4 is 9.62 Å². The predicted octanol–water partition coefficient (Wildman–Crippen LogP) is 2.61. The van der Waals surface area contributed by atoms with Crippen LogP contribution in [0.5, 0.6) is 0 Å². The van der Waals surface area contributed by atoms with Crippen molar-refractivity contribution < 1.29 is 27.1 Å². The Balaban J connectivity index is 1.43. The number of rotatable bonds is 11. The molecule has 40 heavy (non-hydrogen) atoms. The van der Waals surface area contributed by atoms with E-state index < -0.39 is 44.6 Å². The van der Waals surface area contributed by atoms with E-state index in [0.717, 1.165) is 29.5 Å². The Bertz CT molecular complexity index is 1460. The fraction of sp³-hybridized carbons (Fsp3) is 0.500. The van der Waals surface area contributed by atoms with E-state index in [-0.39, 0.29) is 17.3 Å². The van der Waals surface area contributed by atoms with Gasteiger partial charge in [-0.3, -0.25) is 14.4 Å². The average molecular weight is 593 g/mol. The standard InChI is InChI=1S/C26H33FN6O5S2/c1-26(7-8-26)29-40(36,37)22-12-19-23(34)32(16-18-13-28-31(3)14-18)25(35)33(24(19)39-22)15-17-5-6-21(20(27)11-17)30(2)9-10-38-4/h5-6,11-14,19,24,29H,7-10,15-16H2,1-4H3. The highest BCUT2D eigenvalue weighted by Crippen LogP contribution is 2.46. The van der Waals surface area contributed by atoms with Crippen LogP contribution in [-0.4, -0.2) is 78.2 Å². The molecule has 5 rings (SSSR count). The van der Waals surface area contributed by atoms with Gasteiger partial charge in [-0.15, -0.1) is 0 Å². The molecule has 1 saturated heterocycles.